The predicted molar refractivity (Wildman–Crippen MR) is 132 cm³/mol. The molecule has 0 saturated carbocycles. The normalized spacial score (nSPS) is 10.6. The SMILES string of the molecule is COc1ccc(-c2noc(CCN(Cc3ccccc3)C(=O)NCc3ccccc3)n2)cc1OC. The molecule has 1 aromatic heterocycles. The van der Waals surface area contributed by atoms with E-state index in [0.29, 0.717) is 49.3 Å². The van der Waals surface area contributed by atoms with Crippen molar-refractivity contribution in [3.05, 3.63) is 95.9 Å². The zero-order chi connectivity index (χ0) is 24.5. The average molecular weight is 473 g/mol. The van der Waals surface area contributed by atoms with Gasteiger partial charge < -0.3 is 24.2 Å². The molecule has 4 rings (SSSR count). The largest absolute Gasteiger partial charge is 0.493 e. The van der Waals surface area contributed by atoms with Gasteiger partial charge >= 0.3 is 6.03 Å². The topological polar surface area (TPSA) is 89.7 Å². The van der Waals surface area contributed by atoms with Gasteiger partial charge in [-0.15, -0.1) is 0 Å². The molecule has 4 aromatic rings. The number of nitrogens with one attached hydrogen (secondary N) is 1. The number of hydrogen-bond donors (Lipinski definition) is 1. The third-order valence-corrected chi connectivity index (χ3v) is 5.50. The molecular formula is C27H28N4O4. The number of nitrogens with zero attached hydrogens (tertiary/aromatic N) is 3. The van der Waals surface area contributed by atoms with E-state index in [4.69, 9.17) is 14.0 Å². The molecule has 0 aliphatic heterocycles. The van der Waals surface area contributed by atoms with E-state index in [1.54, 1.807) is 31.3 Å². The summed E-state index contributed by atoms with van der Waals surface area (Å²) >= 11 is 0. The zero-order valence-corrected chi connectivity index (χ0v) is 19.8. The Balaban J connectivity index is 1.43. The lowest BCUT2D eigenvalue weighted by Crippen LogP contribution is -2.40. The highest BCUT2D eigenvalue weighted by Crippen LogP contribution is 2.31. The monoisotopic (exact) mass is 472 g/mol. The van der Waals surface area contributed by atoms with Gasteiger partial charge in [-0.2, -0.15) is 4.98 Å². The molecular weight excluding hydrogens is 444 g/mol. The van der Waals surface area contributed by atoms with Crippen LogP contribution in [-0.2, 0) is 19.5 Å². The Labute approximate surface area is 204 Å². The molecule has 0 unspecified atom stereocenters. The molecule has 0 bridgehead atoms. The first kappa shape index (κ1) is 23.8. The molecule has 0 aliphatic carbocycles. The van der Waals surface area contributed by atoms with Crippen molar-refractivity contribution in [2.45, 2.75) is 19.5 Å². The maximum absolute atomic E-state index is 13.0. The van der Waals surface area contributed by atoms with Crippen LogP contribution in [0.3, 0.4) is 0 Å². The van der Waals surface area contributed by atoms with Gasteiger partial charge in [-0.3, -0.25) is 0 Å². The van der Waals surface area contributed by atoms with Gasteiger partial charge in [0.2, 0.25) is 11.7 Å². The van der Waals surface area contributed by atoms with Crippen LogP contribution >= 0.6 is 0 Å². The van der Waals surface area contributed by atoms with E-state index in [2.05, 4.69) is 15.5 Å². The van der Waals surface area contributed by atoms with E-state index in [9.17, 15) is 4.79 Å². The highest BCUT2D eigenvalue weighted by Gasteiger charge is 2.17. The fourth-order valence-electron chi connectivity index (χ4n) is 3.62. The van der Waals surface area contributed by atoms with Crippen LogP contribution in [0.4, 0.5) is 4.79 Å². The first-order chi connectivity index (χ1) is 17.2. The minimum atomic E-state index is -0.155. The smallest absolute Gasteiger partial charge is 0.317 e. The van der Waals surface area contributed by atoms with Crippen molar-refractivity contribution in [2.24, 2.45) is 0 Å². The first-order valence-electron chi connectivity index (χ1n) is 11.3. The molecule has 0 fully saturated rings. The van der Waals surface area contributed by atoms with E-state index in [-0.39, 0.29) is 6.03 Å². The fraction of sp³-hybridized carbons (Fsp3) is 0.222. The molecule has 8 heteroatoms. The minimum absolute atomic E-state index is 0.155. The minimum Gasteiger partial charge on any atom is -0.493 e. The van der Waals surface area contributed by atoms with Crippen molar-refractivity contribution in [2.75, 3.05) is 20.8 Å². The number of benzene rings is 3. The maximum Gasteiger partial charge on any atom is 0.317 e. The Hall–Kier alpha value is -4.33. The Kier molecular flexibility index (Phi) is 7.96. The summed E-state index contributed by atoms with van der Waals surface area (Å²) in [5.74, 6) is 2.10. The van der Waals surface area contributed by atoms with Crippen molar-refractivity contribution < 1.29 is 18.8 Å². The van der Waals surface area contributed by atoms with Crippen LogP contribution in [0.25, 0.3) is 11.4 Å². The summed E-state index contributed by atoms with van der Waals surface area (Å²) in [6.07, 6.45) is 0.423. The number of amides is 2. The van der Waals surface area contributed by atoms with Crippen LogP contribution in [0.2, 0.25) is 0 Å². The van der Waals surface area contributed by atoms with Crippen LogP contribution in [0.1, 0.15) is 17.0 Å². The fourth-order valence-corrected chi connectivity index (χ4v) is 3.62. The Morgan fingerprint density at radius 3 is 2.29 bits per heavy atom. The van der Waals surface area contributed by atoms with Crippen molar-refractivity contribution in [3.8, 4) is 22.9 Å². The molecule has 35 heavy (non-hydrogen) atoms. The summed E-state index contributed by atoms with van der Waals surface area (Å²) in [6, 6.07) is 25.0. The van der Waals surface area contributed by atoms with Gasteiger partial charge in [0.1, 0.15) is 0 Å². The second-order valence-corrected chi connectivity index (χ2v) is 7.88. The zero-order valence-electron chi connectivity index (χ0n) is 19.8. The molecule has 0 spiro atoms. The number of urea groups is 1. The lowest BCUT2D eigenvalue weighted by atomic mass is 10.2. The number of carbonyl (C=O) groups excluding carboxylic acids is 1. The van der Waals surface area contributed by atoms with E-state index >= 15 is 0 Å². The summed E-state index contributed by atoms with van der Waals surface area (Å²) in [5, 5.41) is 7.10. The third-order valence-electron chi connectivity index (χ3n) is 5.50. The highest BCUT2D eigenvalue weighted by atomic mass is 16.5. The summed E-state index contributed by atoms with van der Waals surface area (Å²) in [5.41, 5.74) is 2.83. The number of carbonyl (C=O) groups is 1. The van der Waals surface area contributed by atoms with Gasteiger partial charge in [0, 0.05) is 31.6 Å². The van der Waals surface area contributed by atoms with Crippen molar-refractivity contribution in [1.82, 2.24) is 20.4 Å². The molecule has 0 radical (unpaired) electrons. The van der Waals surface area contributed by atoms with Gasteiger partial charge in [-0.1, -0.05) is 65.8 Å². The quantitative estimate of drug-likeness (QED) is 0.360. The van der Waals surface area contributed by atoms with Crippen molar-refractivity contribution >= 4 is 6.03 Å². The Morgan fingerprint density at radius 1 is 0.914 bits per heavy atom. The van der Waals surface area contributed by atoms with Crippen LogP contribution in [-0.4, -0.2) is 41.8 Å². The standard InChI is InChI=1S/C27H28N4O4/c1-33-23-14-13-22(17-24(23)34-2)26-29-25(35-30-26)15-16-31(19-21-11-7-4-8-12-21)27(32)28-18-20-9-5-3-6-10-20/h3-14,17H,15-16,18-19H2,1-2H3,(H,28,32). The molecule has 180 valence electrons. The van der Waals surface area contributed by atoms with Gasteiger partial charge in [-0.05, 0) is 29.3 Å². The van der Waals surface area contributed by atoms with Crippen molar-refractivity contribution in [1.29, 1.82) is 0 Å². The predicted octanol–water partition coefficient (Wildman–Crippen LogP) is 4.71. The Bertz CT molecular complexity index is 1230. The van der Waals surface area contributed by atoms with Crippen LogP contribution in [0, 0.1) is 0 Å². The lowest BCUT2D eigenvalue weighted by Gasteiger charge is -2.23. The number of hydrogen-bond acceptors (Lipinski definition) is 6. The molecule has 1 heterocycles. The molecule has 8 nitrogen and oxygen atoms in total. The number of ether oxygens (including phenoxy) is 2. The lowest BCUT2D eigenvalue weighted by molar-refractivity contribution is 0.193. The molecule has 0 atom stereocenters. The molecule has 1 N–H and O–H groups in total. The second-order valence-electron chi connectivity index (χ2n) is 7.88. The van der Waals surface area contributed by atoms with E-state index < -0.39 is 0 Å². The number of rotatable bonds is 10. The van der Waals surface area contributed by atoms with E-state index in [1.165, 1.54) is 0 Å². The van der Waals surface area contributed by atoms with Crippen LogP contribution in [0.5, 0.6) is 11.5 Å². The summed E-state index contributed by atoms with van der Waals surface area (Å²) in [4.78, 5) is 19.3. The molecule has 3 aromatic carbocycles. The highest BCUT2D eigenvalue weighted by molar-refractivity contribution is 5.74. The third kappa shape index (κ3) is 6.38. The van der Waals surface area contributed by atoms with Crippen LogP contribution in [0.15, 0.2) is 83.4 Å². The first-order valence-corrected chi connectivity index (χ1v) is 11.3. The van der Waals surface area contributed by atoms with Crippen LogP contribution < -0.4 is 14.8 Å². The number of aromatic nitrogens is 2. The Morgan fingerprint density at radius 2 is 1.60 bits per heavy atom. The second kappa shape index (κ2) is 11.7. The van der Waals surface area contributed by atoms with Gasteiger partial charge in [0.05, 0.1) is 14.2 Å². The van der Waals surface area contributed by atoms with Gasteiger partial charge in [0.25, 0.3) is 0 Å². The molecule has 0 saturated heterocycles. The molecule has 0 aliphatic rings. The maximum atomic E-state index is 13.0. The summed E-state index contributed by atoms with van der Waals surface area (Å²) in [6.45, 7) is 1.34. The van der Waals surface area contributed by atoms with E-state index in [0.717, 1.165) is 16.7 Å². The van der Waals surface area contributed by atoms with E-state index in [1.807, 2.05) is 66.7 Å². The van der Waals surface area contributed by atoms with Crippen molar-refractivity contribution in [3.63, 3.8) is 0 Å². The molecule has 2 amide bonds. The van der Waals surface area contributed by atoms with Gasteiger partial charge in [0.15, 0.2) is 11.5 Å². The summed E-state index contributed by atoms with van der Waals surface area (Å²) in [7, 11) is 3.16. The van der Waals surface area contributed by atoms with Gasteiger partial charge in [-0.25, -0.2) is 4.79 Å². The number of methoxy groups -OCH3 is 2. The summed E-state index contributed by atoms with van der Waals surface area (Å²) < 4.78 is 16.1. The average Bonchev–Trinajstić information content (AvgIpc) is 3.39.